The summed E-state index contributed by atoms with van der Waals surface area (Å²) in [6, 6.07) is 0. The van der Waals surface area contributed by atoms with Gasteiger partial charge in [0, 0.05) is 12.0 Å². The Morgan fingerprint density at radius 1 is 1.15 bits per heavy atom. The standard InChI is InChI=1S/C15H14F4O7/c1-26-13-9(18)7(16)4(8(17)10(13)19)2-5-11(21)12(22)6(20)3-15(5,25)14(23)24/h5-6,12,20,22,25H,2-3H2,1H3,(H,23,24)/t5-,6+,12-,15+/m0/s1. The van der Waals surface area contributed by atoms with Crippen molar-refractivity contribution < 1.29 is 52.3 Å². The number of carboxylic acids is 1. The third-order valence-corrected chi connectivity index (χ3v) is 4.39. The van der Waals surface area contributed by atoms with Crippen molar-refractivity contribution in [3.05, 3.63) is 28.8 Å². The van der Waals surface area contributed by atoms with Crippen molar-refractivity contribution in [2.45, 2.75) is 30.7 Å². The summed E-state index contributed by atoms with van der Waals surface area (Å²) in [7, 11) is 0.756. The minimum Gasteiger partial charge on any atom is -0.491 e. The van der Waals surface area contributed by atoms with Crippen LogP contribution in [0.25, 0.3) is 0 Å². The first-order chi connectivity index (χ1) is 12.0. The number of Topliss-reactive ketones (excluding diaryl/α,β-unsaturated/α-hetero) is 1. The summed E-state index contributed by atoms with van der Waals surface area (Å²) in [6.45, 7) is 0. The van der Waals surface area contributed by atoms with Crippen LogP contribution in [0, 0.1) is 29.2 Å². The first-order valence-corrected chi connectivity index (χ1v) is 7.21. The fourth-order valence-corrected chi connectivity index (χ4v) is 2.93. The van der Waals surface area contributed by atoms with Gasteiger partial charge in [0.1, 0.15) is 6.10 Å². The molecule has 0 heterocycles. The molecule has 144 valence electrons. The molecule has 1 aliphatic rings. The molecule has 7 nitrogen and oxygen atoms in total. The number of carbonyl (C=O) groups is 2. The second kappa shape index (κ2) is 6.82. The van der Waals surface area contributed by atoms with Crippen LogP contribution in [0.3, 0.4) is 0 Å². The fraction of sp³-hybridized carbons (Fsp3) is 0.467. The van der Waals surface area contributed by atoms with Crippen molar-refractivity contribution in [2.24, 2.45) is 5.92 Å². The Morgan fingerprint density at radius 3 is 2.08 bits per heavy atom. The van der Waals surface area contributed by atoms with E-state index in [0.29, 0.717) is 0 Å². The molecule has 0 bridgehead atoms. The molecule has 4 atom stereocenters. The Hall–Kier alpha value is -2.24. The van der Waals surface area contributed by atoms with Gasteiger partial charge in [-0.25, -0.2) is 13.6 Å². The first kappa shape index (κ1) is 20.1. The molecular formula is C15H14F4O7. The minimum atomic E-state index is -3.01. The van der Waals surface area contributed by atoms with Crippen LogP contribution in [0.1, 0.15) is 12.0 Å². The zero-order valence-electron chi connectivity index (χ0n) is 13.2. The van der Waals surface area contributed by atoms with Crippen LogP contribution >= 0.6 is 0 Å². The Labute approximate surface area is 143 Å². The molecule has 0 spiro atoms. The largest absolute Gasteiger partial charge is 0.491 e. The quantitative estimate of drug-likeness (QED) is 0.424. The van der Waals surface area contributed by atoms with E-state index in [1.807, 2.05) is 0 Å². The lowest BCUT2D eigenvalue weighted by Gasteiger charge is -2.39. The zero-order valence-corrected chi connectivity index (χ0v) is 13.2. The molecule has 2 rings (SSSR count). The molecular weight excluding hydrogens is 368 g/mol. The lowest BCUT2D eigenvalue weighted by atomic mass is 9.69. The molecule has 0 amide bonds. The van der Waals surface area contributed by atoms with Crippen molar-refractivity contribution in [1.29, 1.82) is 0 Å². The van der Waals surface area contributed by atoms with Crippen LogP contribution in [0.5, 0.6) is 5.75 Å². The highest BCUT2D eigenvalue weighted by atomic mass is 19.2. The summed E-state index contributed by atoms with van der Waals surface area (Å²) in [5.41, 5.74) is -4.36. The van der Waals surface area contributed by atoms with Crippen LogP contribution in [-0.4, -0.2) is 57.1 Å². The van der Waals surface area contributed by atoms with Gasteiger partial charge in [-0.05, 0) is 6.42 Å². The fourth-order valence-electron chi connectivity index (χ4n) is 2.93. The number of aliphatic hydroxyl groups excluding tert-OH is 2. The van der Waals surface area contributed by atoms with E-state index >= 15 is 0 Å². The number of ketones is 1. The van der Waals surface area contributed by atoms with E-state index in [9.17, 15) is 42.5 Å². The molecule has 4 N–H and O–H groups in total. The summed E-state index contributed by atoms with van der Waals surface area (Å²) in [5, 5.41) is 38.4. The van der Waals surface area contributed by atoms with Crippen molar-refractivity contribution in [3.8, 4) is 5.75 Å². The normalized spacial score (nSPS) is 28.9. The number of aliphatic hydroxyl groups is 3. The predicted octanol–water partition coefficient (Wildman–Crippen LogP) is -0.0794. The van der Waals surface area contributed by atoms with Crippen LogP contribution < -0.4 is 4.74 Å². The number of benzene rings is 1. The van der Waals surface area contributed by atoms with Crippen LogP contribution in [0.2, 0.25) is 0 Å². The number of ether oxygens (including phenoxy) is 1. The zero-order chi connectivity index (χ0) is 20.0. The van der Waals surface area contributed by atoms with E-state index in [1.54, 1.807) is 0 Å². The Morgan fingerprint density at radius 2 is 1.65 bits per heavy atom. The molecule has 1 aromatic carbocycles. The monoisotopic (exact) mass is 382 g/mol. The van der Waals surface area contributed by atoms with E-state index in [2.05, 4.69) is 4.74 Å². The van der Waals surface area contributed by atoms with E-state index in [0.717, 1.165) is 7.11 Å². The summed E-state index contributed by atoms with van der Waals surface area (Å²) < 4.78 is 59.9. The van der Waals surface area contributed by atoms with E-state index in [1.165, 1.54) is 0 Å². The SMILES string of the molecule is COc1c(F)c(F)c(C[C@H]2C(=O)[C@@H](O)[C@H](O)C[C@]2(O)C(=O)O)c(F)c1F. The van der Waals surface area contributed by atoms with E-state index in [4.69, 9.17) is 5.11 Å². The highest BCUT2D eigenvalue weighted by molar-refractivity contribution is 5.94. The van der Waals surface area contributed by atoms with Gasteiger partial charge < -0.3 is 25.2 Å². The number of carboxylic acid groups (broad SMARTS) is 1. The highest BCUT2D eigenvalue weighted by Crippen LogP contribution is 2.38. The first-order valence-electron chi connectivity index (χ1n) is 7.21. The van der Waals surface area contributed by atoms with Gasteiger partial charge in [0.05, 0.1) is 19.1 Å². The Kier molecular flexibility index (Phi) is 5.26. The minimum absolute atomic E-state index is 0.756. The van der Waals surface area contributed by atoms with Crippen molar-refractivity contribution in [2.75, 3.05) is 7.11 Å². The number of methoxy groups -OCH3 is 1. The average molecular weight is 382 g/mol. The van der Waals surface area contributed by atoms with Gasteiger partial charge >= 0.3 is 5.97 Å². The van der Waals surface area contributed by atoms with Crippen molar-refractivity contribution in [3.63, 3.8) is 0 Å². The summed E-state index contributed by atoms with van der Waals surface area (Å²) in [6.07, 6.45) is -6.40. The molecule has 1 saturated carbocycles. The molecule has 26 heavy (non-hydrogen) atoms. The number of carbonyl (C=O) groups excluding carboxylic acids is 1. The number of halogens is 4. The molecule has 0 radical (unpaired) electrons. The van der Waals surface area contributed by atoms with Gasteiger partial charge in [0.15, 0.2) is 28.8 Å². The van der Waals surface area contributed by atoms with Crippen molar-refractivity contribution in [1.82, 2.24) is 0 Å². The number of hydrogen-bond acceptors (Lipinski definition) is 6. The molecule has 1 aliphatic carbocycles. The van der Waals surface area contributed by atoms with Gasteiger partial charge in [0.2, 0.25) is 11.6 Å². The van der Waals surface area contributed by atoms with Gasteiger partial charge in [0.25, 0.3) is 0 Å². The topological polar surface area (TPSA) is 124 Å². The number of hydrogen-bond donors (Lipinski definition) is 4. The van der Waals surface area contributed by atoms with Gasteiger partial charge in [-0.2, -0.15) is 8.78 Å². The lowest BCUT2D eigenvalue weighted by molar-refractivity contribution is -0.187. The van der Waals surface area contributed by atoms with Gasteiger partial charge in [-0.1, -0.05) is 0 Å². The maximum atomic E-state index is 14.1. The molecule has 0 unspecified atom stereocenters. The molecule has 0 saturated heterocycles. The smallest absolute Gasteiger partial charge is 0.336 e. The van der Waals surface area contributed by atoms with Crippen LogP contribution in [0.15, 0.2) is 0 Å². The van der Waals surface area contributed by atoms with Crippen LogP contribution in [0.4, 0.5) is 17.6 Å². The summed E-state index contributed by atoms with van der Waals surface area (Å²) >= 11 is 0. The van der Waals surface area contributed by atoms with Crippen molar-refractivity contribution >= 4 is 11.8 Å². The summed E-state index contributed by atoms with van der Waals surface area (Å²) in [5.74, 6) is -14.7. The molecule has 11 heteroatoms. The average Bonchev–Trinajstić information content (AvgIpc) is 2.58. The molecule has 1 aromatic rings. The Balaban J connectivity index is 2.58. The second-order valence-electron chi connectivity index (χ2n) is 5.87. The predicted molar refractivity (Wildman–Crippen MR) is 74.2 cm³/mol. The molecule has 0 aromatic heterocycles. The van der Waals surface area contributed by atoms with Crippen LogP contribution in [-0.2, 0) is 16.0 Å². The van der Waals surface area contributed by atoms with E-state index < -0.39 is 82.9 Å². The third kappa shape index (κ3) is 2.91. The maximum absolute atomic E-state index is 14.1. The maximum Gasteiger partial charge on any atom is 0.336 e. The third-order valence-electron chi connectivity index (χ3n) is 4.39. The lowest BCUT2D eigenvalue weighted by Crippen LogP contribution is -2.61. The summed E-state index contributed by atoms with van der Waals surface area (Å²) in [4.78, 5) is 23.4. The Bertz CT molecular complexity index is 740. The molecule has 0 aliphatic heterocycles. The molecule has 1 fully saturated rings. The van der Waals surface area contributed by atoms with Gasteiger partial charge in [-0.3, -0.25) is 4.79 Å². The highest BCUT2D eigenvalue weighted by Gasteiger charge is 2.56. The van der Waals surface area contributed by atoms with Gasteiger partial charge in [-0.15, -0.1) is 0 Å². The van der Waals surface area contributed by atoms with E-state index in [-0.39, 0.29) is 0 Å². The number of aliphatic carboxylic acids is 1. The number of rotatable bonds is 4. The second-order valence-corrected chi connectivity index (χ2v) is 5.87.